The molecule has 6 rings (SSSR count). The van der Waals surface area contributed by atoms with Crippen LogP contribution in [-0.2, 0) is 20.9 Å². The van der Waals surface area contributed by atoms with Crippen LogP contribution in [0.1, 0.15) is 63.0 Å². The molecule has 0 bridgehead atoms. The summed E-state index contributed by atoms with van der Waals surface area (Å²) in [7, 11) is 0. The zero-order valence-corrected chi connectivity index (χ0v) is 29.3. The number of ether oxygens (including phenoxy) is 1. The van der Waals surface area contributed by atoms with Gasteiger partial charge in [0.25, 0.3) is 5.56 Å². The molecule has 0 aliphatic carbocycles. The molecule has 2 fully saturated rings. The van der Waals surface area contributed by atoms with Crippen molar-refractivity contribution in [2.75, 3.05) is 39.4 Å². The number of aliphatic hydroxyl groups is 1. The molecular weight excluding hydrogens is 679 g/mol. The van der Waals surface area contributed by atoms with Crippen molar-refractivity contribution < 1.29 is 27.8 Å². The number of rotatable bonds is 8. The molecule has 3 aromatic heterocycles. The van der Waals surface area contributed by atoms with E-state index in [1.54, 1.807) is 36.1 Å². The first-order valence-corrected chi connectivity index (χ1v) is 16.9. The standard InChI is InChI=1S/C29H30Cl2F2N4O4.C4H9N.C2H2O/c1-16-14-37(9-8-28(16,3)21-11-19(31)13-34-26(21)39)23(38)15-40-10-4-7-29(32,33)27-35-17(2)25-24(36-27)20-6-5-18(30)12-22(20)41-25;1-2-4-5-3-1;1-2-3/h5-6,11-13,16H,4,7-10,14-15H2,1-3H3,(H,34,39);5H,1-4H2;1,3H. The summed E-state index contributed by atoms with van der Waals surface area (Å²) >= 11 is 12.1. The number of aliphatic hydroxyl groups excluding tert-OH is 1. The van der Waals surface area contributed by atoms with E-state index in [0.29, 0.717) is 62.9 Å². The van der Waals surface area contributed by atoms with Gasteiger partial charge in [0.05, 0.1) is 10.7 Å². The molecule has 0 radical (unpaired) electrons. The third kappa shape index (κ3) is 9.28. The minimum Gasteiger partial charge on any atom is -0.462 e. The number of aromatic nitrogens is 3. The summed E-state index contributed by atoms with van der Waals surface area (Å²) in [6.07, 6.45) is 9.69. The van der Waals surface area contributed by atoms with E-state index in [9.17, 15) is 9.59 Å². The number of amides is 1. The number of likely N-dealkylation sites (tertiary alicyclic amines) is 1. The number of hydrogen-bond donors (Lipinski definition) is 3. The lowest BCUT2D eigenvalue weighted by molar-refractivity contribution is -0.139. The first-order chi connectivity index (χ1) is 23.3. The van der Waals surface area contributed by atoms with Crippen LogP contribution in [0.5, 0.6) is 0 Å². The van der Waals surface area contributed by atoms with Crippen molar-refractivity contribution in [3.8, 4) is 12.5 Å². The van der Waals surface area contributed by atoms with Crippen LogP contribution in [-0.4, -0.2) is 70.3 Å². The molecule has 4 aromatic rings. The van der Waals surface area contributed by atoms with Crippen LogP contribution in [0.15, 0.2) is 39.7 Å². The molecule has 5 heterocycles. The largest absolute Gasteiger partial charge is 0.462 e. The molecule has 1 aromatic carbocycles. The van der Waals surface area contributed by atoms with Crippen molar-refractivity contribution in [1.29, 1.82) is 0 Å². The Kier molecular flexibility index (Phi) is 13.0. The van der Waals surface area contributed by atoms with Crippen LogP contribution in [0.4, 0.5) is 8.78 Å². The molecule has 2 saturated heterocycles. The van der Waals surface area contributed by atoms with E-state index in [4.69, 9.17) is 37.5 Å². The molecule has 14 heteroatoms. The number of aromatic amines is 1. The van der Waals surface area contributed by atoms with Crippen molar-refractivity contribution in [2.45, 2.75) is 64.2 Å². The molecule has 49 heavy (non-hydrogen) atoms. The number of terminal acetylenes is 1. The van der Waals surface area contributed by atoms with E-state index in [0.717, 1.165) is 0 Å². The van der Waals surface area contributed by atoms with E-state index in [1.165, 1.54) is 38.2 Å². The topological polar surface area (TPSA) is 134 Å². The number of pyridine rings is 1. The fourth-order valence-electron chi connectivity index (χ4n) is 6.05. The Morgan fingerprint density at radius 2 is 1.96 bits per heavy atom. The number of aryl methyl sites for hydroxylation is 1. The SMILES string of the molecule is C#CO.C1CCNC1.Cc1nc(C(F)(F)CCCOCC(=O)N2CCC(C)(c3cc(Cl)c[nH]c3=O)C(C)C2)nc2c1oc1cc(Cl)ccc12. The van der Waals surface area contributed by atoms with Gasteiger partial charge in [-0.25, -0.2) is 9.97 Å². The van der Waals surface area contributed by atoms with Crippen LogP contribution in [0.25, 0.3) is 22.1 Å². The van der Waals surface area contributed by atoms with Gasteiger partial charge in [-0.1, -0.05) is 43.5 Å². The molecule has 2 atom stereocenters. The molecule has 10 nitrogen and oxygen atoms in total. The average Bonchev–Trinajstić information content (AvgIpc) is 3.76. The van der Waals surface area contributed by atoms with Crippen LogP contribution >= 0.6 is 23.2 Å². The molecule has 2 aliphatic heterocycles. The van der Waals surface area contributed by atoms with Gasteiger partial charge in [-0.2, -0.15) is 8.78 Å². The number of hydrogen-bond acceptors (Lipinski definition) is 8. The zero-order valence-electron chi connectivity index (χ0n) is 27.8. The Bertz CT molecular complexity index is 1850. The first kappa shape index (κ1) is 38.0. The van der Waals surface area contributed by atoms with Crippen molar-refractivity contribution in [1.82, 2.24) is 25.2 Å². The highest BCUT2D eigenvalue weighted by atomic mass is 35.5. The predicted octanol–water partition coefficient (Wildman–Crippen LogP) is 6.71. The van der Waals surface area contributed by atoms with Gasteiger partial charge in [0, 0.05) is 59.8 Å². The minimum atomic E-state index is -3.30. The highest BCUT2D eigenvalue weighted by molar-refractivity contribution is 6.31. The second kappa shape index (κ2) is 16.8. The number of furan rings is 1. The molecule has 2 unspecified atom stereocenters. The number of carbonyl (C=O) groups is 1. The second-order valence-electron chi connectivity index (χ2n) is 12.5. The number of carbonyl (C=O) groups excluding carboxylic acids is 1. The molecule has 3 N–H and O–H groups in total. The van der Waals surface area contributed by atoms with E-state index in [1.807, 2.05) is 13.8 Å². The van der Waals surface area contributed by atoms with Crippen molar-refractivity contribution in [2.24, 2.45) is 5.92 Å². The maximum atomic E-state index is 15.1. The predicted molar refractivity (Wildman–Crippen MR) is 186 cm³/mol. The third-order valence-electron chi connectivity index (χ3n) is 9.05. The number of H-pyrrole nitrogens is 1. The summed E-state index contributed by atoms with van der Waals surface area (Å²) in [5.74, 6) is -4.11. The summed E-state index contributed by atoms with van der Waals surface area (Å²) in [5.41, 5.74) is 1.39. The number of fused-ring (bicyclic) bond motifs is 3. The Morgan fingerprint density at radius 1 is 1.24 bits per heavy atom. The monoisotopic (exact) mass is 719 g/mol. The second-order valence-corrected chi connectivity index (χ2v) is 13.3. The van der Waals surface area contributed by atoms with Crippen molar-refractivity contribution >= 4 is 51.2 Å². The Morgan fingerprint density at radius 3 is 2.61 bits per heavy atom. The number of piperidine rings is 1. The molecule has 0 saturated carbocycles. The van der Waals surface area contributed by atoms with Gasteiger partial charge < -0.3 is 29.5 Å². The number of halogens is 4. The molecular formula is C35H41Cl2F2N5O5. The maximum Gasteiger partial charge on any atom is 0.306 e. The van der Waals surface area contributed by atoms with Crippen molar-refractivity contribution in [3.05, 3.63) is 67.9 Å². The third-order valence-corrected chi connectivity index (χ3v) is 9.51. The van der Waals surface area contributed by atoms with Gasteiger partial charge in [-0.15, -0.1) is 0 Å². The van der Waals surface area contributed by atoms with E-state index < -0.39 is 23.6 Å². The summed E-state index contributed by atoms with van der Waals surface area (Å²) in [6, 6.07) is 6.63. The van der Waals surface area contributed by atoms with Gasteiger partial charge in [-0.3, -0.25) is 9.59 Å². The highest BCUT2D eigenvalue weighted by Crippen LogP contribution is 2.39. The number of alkyl halides is 2. The normalized spacial score (nSPS) is 19.1. The lowest BCUT2D eigenvalue weighted by atomic mass is 9.68. The maximum absolute atomic E-state index is 15.1. The Hall–Kier alpha value is -3.76. The molecule has 2 aliphatic rings. The van der Waals surface area contributed by atoms with E-state index in [-0.39, 0.29) is 37.0 Å². The summed E-state index contributed by atoms with van der Waals surface area (Å²) < 4.78 is 41.4. The summed E-state index contributed by atoms with van der Waals surface area (Å²) in [6.45, 7) is 8.75. The van der Waals surface area contributed by atoms with Gasteiger partial charge in [0.1, 0.15) is 23.8 Å². The van der Waals surface area contributed by atoms with Gasteiger partial charge in [0.2, 0.25) is 5.91 Å². The average molecular weight is 721 g/mol. The van der Waals surface area contributed by atoms with Gasteiger partial charge in [-0.05, 0) is 69.8 Å². The number of benzene rings is 1. The fraction of sp³-hybridized carbons (Fsp3) is 0.486. The van der Waals surface area contributed by atoms with E-state index in [2.05, 4.69) is 26.7 Å². The molecule has 264 valence electrons. The van der Waals surface area contributed by atoms with Crippen LogP contribution in [0.3, 0.4) is 0 Å². The Labute approximate surface area is 293 Å². The zero-order chi connectivity index (χ0) is 35.8. The molecule has 1 amide bonds. The fourth-order valence-corrected chi connectivity index (χ4v) is 6.37. The Balaban J connectivity index is 0.000000601. The van der Waals surface area contributed by atoms with E-state index >= 15 is 8.78 Å². The highest BCUT2D eigenvalue weighted by Gasteiger charge is 2.41. The quantitative estimate of drug-likeness (QED) is 0.135. The van der Waals surface area contributed by atoms with Crippen LogP contribution < -0.4 is 10.9 Å². The number of nitrogens with one attached hydrogen (secondary N) is 2. The van der Waals surface area contributed by atoms with Gasteiger partial charge in [0.15, 0.2) is 11.4 Å². The number of nitrogens with zero attached hydrogens (tertiary/aromatic N) is 3. The first-order valence-electron chi connectivity index (χ1n) is 16.1. The van der Waals surface area contributed by atoms with Crippen LogP contribution in [0, 0.1) is 25.4 Å². The van der Waals surface area contributed by atoms with Crippen LogP contribution in [0.2, 0.25) is 10.0 Å². The summed E-state index contributed by atoms with van der Waals surface area (Å²) in [4.78, 5) is 37.7. The van der Waals surface area contributed by atoms with Crippen molar-refractivity contribution in [3.63, 3.8) is 0 Å². The lowest BCUT2D eigenvalue weighted by Crippen LogP contribution is -2.51. The van der Waals surface area contributed by atoms with Gasteiger partial charge >= 0.3 is 5.92 Å². The smallest absolute Gasteiger partial charge is 0.306 e. The minimum absolute atomic E-state index is 0.00842. The molecule has 0 spiro atoms. The summed E-state index contributed by atoms with van der Waals surface area (Å²) in [5, 5.41) is 11.8. The lowest BCUT2D eigenvalue weighted by Gasteiger charge is -2.44.